The Kier molecular flexibility index (Phi) is 5.53. The van der Waals surface area contributed by atoms with Crippen LogP contribution in [-0.2, 0) is 14.8 Å². The summed E-state index contributed by atoms with van der Waals surface area (Å²) >= 11 is 0. The number of nitrogens with two attached hydrogens (primary N) is 1. The van der Waals surface area contributed by atoms with Crippen molar-refractivity contribution in [2.45, 2.75) is 11.8 Å². The van der Waals surface area contributed by atoms with Gasteiger partial charge in [0.15, 0.2) is 0 Å². The monoisotopic (exact) mass is 364 g/mol. The maximum atomic E-state index is 13.1. The van der Waals surface area contributed by atoms with Gasteiger partial charge < -0.3 is 15.2 Å². The van der Waals surface area contributed by atoms with Gasteiger partial charge in [-0.2, -0.15) is 0 Å². The number of hydrogen-bond acceptors (Lipinski definition) is 5. The van der Waals surface area contributed by atoms with E-state index in [4.69, 9.17) is 15.2 Å². The Bertz CT molecular complexity index is 863. The Morgan fingerprint density at radius 3 is 2.24 bits per heavy atom. The maximum Gasteiger partial charge on any atom is 0.264 e. The highest BCUT2D eigenvalue weighted by atomic mass is 32.2. The summed E-state index contributed by atoms with van der Waals surface area (Å²) in [7, 11) is -1.16. The first-order valence-electron chi connectivity index (χ1n) is 7.39. The van der Waals surface area contributed by atoms with Crippen LogP contribution in [0.1, 0.15) is 5.56 Å². The van der Waals surface area contributed by atoms with Crippen molar-refractivity contribution >= 4 is 21.6 Å². The quantitative estimate of drug-likeness (QED) is 0.806. The molecule has 0 aliphatic rings. The fourth-order valence-electron chi connectivity index (χ4n) is 2.27. The molecule has 2 aromatic rings. The van der Waals surface area contributed by atoms with Crippen LogP contribution in [0.25, 0.3) is 0 Å². The lowest BCUT2D eigenvalue weighted by Crippen LogP contribution is -2.38. The smallest absolute Gasteiger partial charge is 0.264 e. The molecule has 1 amide bonds. The van der Waals surface area contributed by atoms with Crippen molar-refractivity contribution < 1.29 is 22.7 Å². The molecule has 2 aromatic carbocycles. The molecule has 0 saturated carbocycles. The van der Waals surface area contributed by atoms with E-state index in [0.717, 1.165) is 9.87 Å². The first-order valence-corrected chi connectivity index (χ1v) is 8.83. The Morgan fingerprint density at radius 2 is 1.72 bits per heavy atom. The fourth-order valence-corrected chi connectivity index (χ4v) is 3.70. The molecular formula is C17H20N2O5S. The Morgan fingerprint density at radius 1 is 1.08 bits per heavy atom. The Labute approximate surface area is 147 Å². The largest absolute Gasteiger partial charge is 0.497 e. The SMILES string of the molecule is COc1ccc(OC)c(N(CC(N)=O)S(=O)(=O)c2ccc(C)cc2)c1. The fraction of sp³-hybridized carbons (Fsp3) is 0.235. The molecule has 8 heteroatoms. The van der Waals surface area contributed by atoms with Gasteiger partial charge in [-0.1, -0.05) is 17.7 Å². The highest BCUT2D eigenvalue weighted by Gasteiger charge is 2.29. The van der Waals surface area contributed by atoms with Gasteiger partial charge in [0.25, 0.3) is 10.0 Å². The highest BCUT2D eigenvalue weighted by molar-refractivity contribution is 7.92. The third-order valence-electron chi connectivity index (χ3n) is 3.56. The first kappa shape index (κ1) is 18.6. The van der Waals surface area contributed by atoms with Gasteiger partial charge in [0.1, 0.15) is 18.0 Å². The Balaban J connectivity index is 2.64. The van der Waals surface area contributed by atoms with Crippen LogP contribution in [0.15, 0.2) is 47.4 Å². The van der Waals surface area contributed by atoms with Crippen LogP contribution in [-0.4, -0.2) is 35.1 Å². The number of amides is 1. The van der Waals surface area contributed by atoms with E-state index in [1.807, 2.05) is 6.92 Å². The van der Waals surface area contributed by atoms with Crippen molar-refractivity contribution in [1.29, 1.82) is 0 Å². The third-order valence-corrected chi connectivity index (χ3v) is 5.34. The van der Waals surface area contributed by atoms with Crippen molar-refractivity contribution in [2.24, 2.45) is 5.73 Å². The van der Waals surface area contributed by atoms with E-state index in [9.17, 15) is 13.2 Å². The molecule has 0 saturated heterocycles. The average Bonchev–Trinajstić information content (AvgIpc) is 2.59. The molecule has 0 aromatic heterocycles. The van der Waals surface area contributed by atoms with E-state index in [0.29, 0.717) is 5.75 Å². The van der Waals surface area contributed by atoms with Crippen LogP contribution >= 0.6 is 0 Å². The lowest BCUT2D eigenvalue weighted by molar-refractivity contribution is -0.116. The molecule has 0 fully saturated rings. The molecule has 2 rings (SSSR count). The van der Waals surface area contributed by atoms with Crippen molar-refractivity contribution in [1.82, 2.24) is 0 Å². The van der Waals surface area contributed by atoms with Crippen LogP contribution in [0, 0.1) is 6.92 Å². The number of carbonyl (C=O) groups is 1. The van der Waals surface area contributed by atoms with Crippen LogP contribution in [0.2, 0.25) is 0 Å². The molecular weight excluding hydrogens is 344 g/mol. The molecule has 25 heavy (non-hydrogen) atoms. The zero-order valence-electron chi connectivity index (χ0n) is 14.2. The van der Waals surface area contributed by atoms with Crippen molar-refractivity contribution in [3.8, 4) is 11.5 Å². The number of anilines is 1. The van der Waals surface area contributed by atoms with E-state index in [2.05, 4.69) is 0 Å². The van der Waals surface area contributed by atoms with Crippen molar-refractivity contribution in [3.05, 3.63) is 48.0 Å². The summed E-state index contributed by atoms with van der Waals surface area (Å²) in [4.78, 5) is 11.6. The second-order valence-electron chi connectivity index (χ2n) is 5.33. The summed E-state index contributed by atoms with van der Waals surface area (Å²) in [6.45, 7) is 1.32. The van der Waals surface area contributed by atoms with Gasteiger partial charge in [0.05, 0.1) is 24.8 Å². The van der Waals surface area contributed by atoms with Crippen molar-refractivity contribution in [2.75, 3.05) is 25.1 Å². The second-order valence-corrected chi connectivity index (χ2v) is 7.19. The zero-order valence-corrected chi connectivity index (χ0v) is 15.0. The molecule has 0 spiro atoms. The number of ether oxygens (including phenoxy) is 2. The summed E-state index contributed by atoms with van der Waals surface area (Å²) in [6, 6.07) is 11.0. The number of benzene rings is 2. The molecule has 0 aliphatic heterocycles. The number of methoxy groups -OCH3 is 2. The van der Waals surface area contributed by atoms with Gasteiger partial charge >= 0.3 is 0 Å². The minimum Gasteiger partial charge on any atom is -0.497 e. The molecule has 2 N–H and O–H groups in total. The Hall–Kier alpha value is -2.74. The van der Waals surface area contributed by atoms with Crippen LogP contribution in [0.5, 0.6) is 11.5 Å². The van der Waals surface area contributed by atoms with Crippen LogP contribution in [0.4, 0.5) is 5.69 Å². The lowest BCUT2D eigenvalue weighted by atomic mass is 10.2. The van der Waals surface area contributed by atoms with Gasteiger partial charge in [-0.15, -0.1) is 0 Å². The van der Waals surface area contributed by atoms with E-state index in [-0.39, 0.29) is 16.3 Å². The second kappa shape index (κ2) is 7.43. The molecule has 0 heterocycles. The predicted octanol–water partition coefficient (Wildman–Crippen LogP) is 1.69. The standard InChI is InChI=1S/C17H20N2O5S/c1-12-4-7-14(8-5-12)25(21,22)19(11-17(18)20)15-10-13(23-2)6-9-16(15)24-3/h4-10H,11H2,1-3H3,(H2,18,20). The number of rotatable bonds is 7. The van der Waals surface area contributed by atoms with Gasteiger partial charge in [-0.05, 0) is 31.2 Å². The van der Waals surface area contributed by atoms with Gasteiger partial charge in [0, 0.05) is 6.07 Å². The minimum atomic E-state index is -4.03. The predicted molar refractivity (Wildman–Crippen MR) is 94.5 cm³/mol. The molecule has 134 valence electrons. The van der Waals surface area contributed by atoms with Gasteiger partial charge in [-0.25, -0.2) is 8.42 Å². The van der Waals surface area contributed by atoms with E-state index < -0.39 is 22.5 Å². The molecule has 0 radical (unpaired) electrons. The third kappa shape index (κ3) is 4.03. The topological polar surface area (TPSA) is 98.9 Å². The number of nitrogens with zero attached hydrogens (tertiary/aromatic N) is 1. The van der Waals surface area contributed by atoms with Crippen LogP contribution < -0.4 is 19.5 Å². The lowest BCUT2D eigenvalue weighted by Gasteiger charge is -2.25. The van der Waals surface area contributed by atoms with Gasteiger partial charge in [-0.3, -0.25) is 9.10 Å². The maximum absolute atomic E-state index is 13.1. The van der Waals surface area contributed by atoms with Crippen molar-refractivity contribution in [3.63, 3.8) is 0 Å². The van der Waals surface area contributed by atoms with Gasteiger partial charge in [0.2, 0.25) is 5.91 Å². The number of hydrogen-bond donors (Lipinski definition) is 1. The number of primary amides is 1. The van der Waals surface area contributed by atoms with E-state index >= 15 is 0 Å². The zero-order chi connectivity index (χ0) is 18.6. The van der Waals surface area contributed by atoms with E-state index in [1.165, 1.54) is 32.4 Å². The average molecular weight is 364 g/mol. The van der Waals surface area contributed by atoms with E-state index in [1.54, 1.807) is 24.3 Å². The number of carbonyl (C=O) groups excluding carboxylic acids is 1. The normalized spacial score (nSPS) is 11.0. The minimum absolute atomic E-state index is 0.0456. The summed E-state index contributed by atoms with van der Waals surface area (Å²) in [5.41, 5.74) is 6.36. The molecule has 0 atom stereocenters. The number of aryl methyl sites for hydroxylation is 1. The molecule has 0 bridgehead atoms. The first-order chi connectivity index (χ1) is 11.8. The highest BCUT2D eigenvalue weighted by Crippen LogP contribution is 2.35. The summed E-state index contributed by atoms with van der Waals surface area (Å²) in [5.74, 6) is -0.0947. The molecule has 0 aliphatic carbocycles. The summed E-state index contributed by atoms with van der Waals surface area (Å²) in [5, 5.41) is 0. The summed E-state index contributed by atoms with van der Waals surface area (Å²) in [6.07, 6.45) is 0. The summed E-state index contributed by atoms with van der Waals surface area (Å²) < 4.78 is 37.5. The number of sulfonamides is 1. The molecule has 0 unspecified atom stereocenters. The van der Waals surface area contributed by atoms with Crippen LogP contribution in [0.3, 0.4) is 0 Å². The molecule has 7 nitrogen and oxygen atoms in total.